The van der Waals surface area contributed by atoms with Crippen molar-refractivity contribution in [1.29, 1.82) is 0 Å². The van der Waals surface area contributed by atoms with Gasteiger partial charge in [-0.25, -0.2) is 4.39 Å². The van der Waals surface area contributed by atoms with Gasteiger partial charge in [-0.3, -0.25) is 0 Å². The smallest absolute Gasteiger partial charge is 0.139 e. The first-order valence-corrected chi connectivity index (χ1v) is 6.84. The number of anilines is 2. The molecule has 0 heterocycles. The van der Waals surface area contributed by atoms with Gasteiger partial charge >= 0.3 is 0 Å². The van der Waals surface area contributed by atoms with E-state index in [9.17, 15) is 4.39 Å². The standard InChI is InChI=1S/C13H18BrFN2/c1-2-13(4-3-5-13)8-17-12-7-10(15)9(14)6-11(12)16/h6-7,17H,2-5,8,16H2,1H3. The third kappa shape index (κ3) is 2.57. The highest BCUT2D eigenvalue weighted by molar-refractivity contribution is 9.10. The van der Waals surface area contributed by atoms with Crippen LogP contribution in [0.15, 0.2) is 16.6 Å². The average Bonchev–Trinajstić information content (AvgIpc) is 2.24. The lowest BCUT2D eigenvalue weighted by Gasteiger charge is -2.41. The summed E-state index contributed by atoms with van der Waals surface area (Å²) in [5, 5.41) is 3.29. The molecule has 2 nitrogen and oxygen atoms in total. The Morgan fingerprint density at radius 2 is 2.18 bits per heavy atom. The van der Waals surface area contributed by atoms with Crippen LogP contribution in [0.5, 0.6) is 0 Å². The van der Waals surface area contributed by atoms with Crippen LogP contribution in [-0.4, -0.2) is 6.54 Å². The van der Waals surface area contributed by atoms with Crippen molar-refractivity contribution in [3.63, 3.8) is 0 Å². The molecule has 17 heavy (non-hydrogen) atoms. The van der Waals surface area contributed by atoms with E-state index in [0.717, 1.165) is 6.54 Å². The zero-order valence-electron chi connectivity index (χ0n) is 10.0. The van der Waals surface area contributed by atoms with Crippen LogP contribution in [0.3, 0.4) is 0 Å². The first-order chi connectivity index (χ1) is 8.06. The molecule has 2 rings (SSSR count). The molecule has 0 saturated heterocycles. The summed E-state index contributed by atoms with van der Waals surface area (Å²) in [6, 6.07) is 3.07. The van der Waals surface area contributed by atoms with Gasteiger partial charge in [-0.2, -0.15) is 0 Å². The van der Waals surface area contributed by atoms with E-state index in [2.05, 4.69) is 28.2 Å². The van der Waals surface area contributed by atoms with Crippen molar-refractivity contribution < 1.29 is 4.39 Å². The fraction of sp³-hybridized carbons (Fsp3) is 0.538. The quantitative estimate of drug-likeness (QED) is 0.819. The summed E-state index contributed by atoms with van der Waals surface area (Å²) >= 11 is 3.13. The number of nitrogen functional groups attached to an aromatic ring is 1. The minimum Gasteiger partial charge on any atom is -0.397 e. The van der Waals surface area contributed by atoms with Crippen LogP contribution in [0.1, 0.15) is 32.6 Å². The molecule has 0 aromatic heterocycles. The molecule has 0 aliphatic heterocycles. The Morgan fingerprint density at radius 3 is 2.71 bits per heavy atom. The van der Waals surface area contributed by atoms with Gasteiger partial charge in [0.2, 0.25) is 0 Å². The predicted molar refractivity (Wildman–Crippen MR) is 73.6 cm³/mol. The number of rotatable bonds is 4. The fourth-order valence-electron chi connectivity index (χ4n) is 2.33. The summed E-state index contributed by atoms with van der Waals surface area (Å²) < 4.78 is 13.8. The van der Waals surface area contributed by atoms with E-state index in [1.807, 2.05) is 0 Å². The molecule has 0 spiro atoms. The third-order valence-electron chi connectivity index (χ3n) is 3.91. The maximum atomic E-state index is 13.4. The number of hydrogen-bond donors (Lipinski definition) is 2. The summed E-state index contributed by atoms with van der Waals surface area (Å²) in [6.45, 7) is 3.10. The van der Waals surface area contributed by atoms with E-state index in [1.165, 1.54) is 31.7 Å². The Labute approximate surface area is 110 Å². The highest BCUT2D eigenvalue weighted by Crippen LogP contribution is 2.44. The molecule has 4 heteroatoms. The molecule has 3 N–H and O–H groups in total. The summed E-state index contributed by atoms with van der Waals surface area (Å²) in [6.07, 6.45) is 4.99. The van der Waals surface area contributed by atoms with Crippen molar-refractivity contribution in [2.45, 2.75) is 32.6 Å². The molecule has 0 bridgehead atoms. The highest BCUT2D eigenvalue weighted by Gasteiger charge is 2.34. The van der Waals surface area contributed by atoms with Gasteiger partial charge in [0.25, 0.3) is 0 Å². The van der Waals surface area contributed by atoms with Gasteiger partial charge in [-0.15, -0.1) is 0 Å². The Bertz CT molecular complexity index is 411. The topological polar surface area (TPSA) is 38.0 Å². The van der Waals surface area contributed by atoms with Crippen molar-refractivity contribution >= 4 is 27.3 Å². The van der Waals surface area contributed by atoms with Crippen LogP contribution >= 0.6 is 15.9 Å². The number of nitrogens with two attached hydrogens (primary N) is 1. The van der Waals surface area contributed by atoms with Crippen LogP contribution in [-0.2, 0) is 0 Å². The SMILES string of the molecule is CCC1(CNc2cc(F)c(Br)cc2N)CCC1. The zero-order valence-corrected chi connectivity index (χ0v) is 11.6. The average molecular weight is 301 g/mol. The van der Waals surface area contributed by atoms with E-state index < -0.39 is 0 Å². The maximum Gasteiger partial charge on any atom is 0.139 e. The lowest BCUT2D eigenvalue weighted by Crippen LogP contribution is -2.36. The number of benzene rings is 1. The summed E-state index contributed by atoms with van der Waals surface area (Å²) in [5.74, 6) is -0.277. The Morgan fingerprint density at radius 1 is 1.47 bits per heavy atom. The molecular weight excluding hydrogens is 283 g/mol. The lowest BCUT2D eigenvalue weighted by molar-refractivity contribution is 0.145. The predicted octanol–water partition coefficient (Wildman–Crippen LogP) is 4.16. The van der Waals surface area contributed by atoms with Crippen molar-refractivity contribution in [2.24, 2.45) is 5.41 Å². The number of hydrogen-bond acceptors (Lipinski definition) is 2. The summed E-state index contributed by atoms with van der Waals surface area (Å²) in [7, 11) is 0. The minimum atomic E-state index is -0.277. The number of nitrogens with one attached hydrogen (secondary N) is 1. The molecule has 1 fully saturated rings. The lowest BCUT2D eigenvalue weighted by atomic mass is 9.67. The second-order valence-electron chi connectivity index (χ2n) is 4.91. The van der Waals surface area contributed by atoms with Crippen LogP contribution in [0.2, 0.25) is 0 Å². The second-order valence-corrected chi connectivity index (χ2v) is 5.77. The molecule has 0 radical (unpaired) electrons. The molecule has 1 aromatic rings. The molecule has 94 valence electrons. The third-order valence-corrected chi connectivity index (χ3v) is 4.52. The van der Waals surface area contributed by atoms with E-state index in [1.54, 1.807) is 6.07 Å². The summed E-state index contributed by atoms with van der Waals surface area (Å²) in [5.41, 5.74) is 7.55. The largest absolute Gasteiger partial charge is 0.397 e. The van der Waals surface area contributed by atoms with Crippen molar-refractivity contribution in [3.8, 4) is 0 Å². The zero-order chi connectivity index (χ0) is 12.5. The number of halogens is 2. The first kappa shape index (κ1) is 12.7. The normalized spacial score (nSPS) is 17.6. The van der Waals surface area contributed by atoms with Crippen molar-refractivity contribution in [2.75, 3.05) is 17.6 Å². The van der Waals surface area contributed by atoms with Crippen molar-refractivity contribution in [3.05, 3.63) is 22.4 Å². The van der Waals surface area contributed by atoms with Gasteiger partial charge in [0, 0.05) is 12.6 Å². The maximum absolute atomic E-state index is 13.4. The van der Waals surface area contributed by atoms with Gasteiger partial charge < -0.3 is 11.1 Å². The molecule has 1 aliphatic rings. The molecular formula is C13H18BrFN2. The van der Waals surface area contributed by atoms with Crippen LogP contribution < -0.4 is 11.1 Å². The van der Waals surface area contributed by atoms with Crippen LogP contribution in [0, 0.1) is 11.2 Å². The molecule has 1 saturated carbocycles. The first-order valence-electron chi connectivity index (χ1n) is 6.05. The van der Waals surface area contributed by atoms with Crippen LogP contribution in [0.25, 0.3) is 0 Å². The van der Waals surface area contributed by atoms with Gasteiger partial charge in [0.15, 0.2) is 0 Å². The molecule has 1 aromatic carbocycles. The Balaban J connectivity index is 2.06. The Hall–Kier alpha value is -0.770. The van der Waals surface area contributed by atoms with Gasteiger partial charge in [-0.1, -0.05) is 13.3 Å². The second kappa shape index (κ2) is 4.84. The minimum absolute atomic E-state index is 0.277. The van der Waals surface area contributed by atoms with Gasteiger partial charge in [0.1, 0.15) is 5.82 Å². The molecule has 0 amide bonds. The van der Waals surface area contributed by atoms with Crippen molar-refractivity contribution in [1.82, 2.24) is 0 Å². The Kier molecular flexibility index (Phi) is 3.61. The van der Waals surface area contributed by atoms with E-state index in [0.29, 0.717) is 21.3 Å². The van der Waals surface area contributed by atoms with E-state index >= 15 is 0 Å². The van der Waals surface area contributed by atoms with E-state index in [-0.39, 0.29) is 5.82 Å². The fourth-order valence-corrected chi connectivity index (χ4v) is 2.69. The molecule has 0 unspecified atom stereocenters. The molecule has 1 aliphatic carbocycles. The molecule has 0 atom stereocenters. The summed E-state index contributed by atoms with van der Waals surface area (Å²) in [4.78, 5) is 0. The van der Waals surface area contributed by atoms with Crippen LogP contribution in [0.4, 0.5) is 15.8 Å². The van der Waals surface area contributed by atoms with E-state index in [4.69, 9.17) is 5.73 Å². The van der Waals surface area contributed by atoms with Gasteiger partial charge in [-0.05, 0) is 46.7 Å². The highest BCUT2D eigenvalue weighted by atomic mass is 79.9. The monoisotopic (exact) mass is 300 g/mol. The van der Waals surface area contributed by atoms with Gasteiger partial charge in [0.05, 0.1) is 15.8 Å².